The number of piperidine rings is 1. The van der Waals surface area contributed by atoms with E-state index in [2.05, 4.69) is 4.90 Å². The van der Waals surface area contributed by atoms with Crippen LogP contribution in [0.2, 0.25) is 5.02 Å². The van der Waals surface area contributed by atoms with Crippen LogP contribution in [0.5, 0.6) is 5.75 Å². The van der Waals surface area contributed by atoms with Gasteiger partial charge in [-0.25, -0.2) is 0 Å². The molecule has 1 fully saturated rings. The van der Waals surface area contributed by atoms with E-state index in [1.54, 1.807) is 0 Å². The topological polar surface area (TPSA) is 59.0 Å². The zero-order valence-corrected chi connectivity index (χ0v) is 12.4. The van der Waals surface area contributed by atoms with Crippen molar-refractivity contribution >= 4 is 17.6 Å². The van der Waals surface area contributed by atoms with Crippen LogP contribution in [0.3, 0.4) is 0 Å². The third-order valence-electron chi connectivity index (χ3n) is 4.08. The summed E-state index contributed by atoms with van der Waals surface area (Å²) in [6.45, 7) is 3.09. The molecule has 21 heavy (non-hydrogen) atoms. The first-order chi connectivity index (χ1) is 10.1. The smallest absolute Gasteiger partial charge is 0.306 e. The van der Waals surface area contributed by atoms with Crippen LogP contribution in [0.1, 0.15) is 24.0 Å². The predicted octanol–water partition coefficient (Wildman–Crippen LogP) is 2.50. The number of rotatable bonds is 3. The Morgan fingerprint density at radius 3 is 2.86 bits per heavy atom. The van der Waals surface area contributed by atoms with E-state index < -0.39 is 5.97 Å². The Morgan fingerprint density at radius 2 is 2.14 bits per heavy atom. The molecule has 0 atom stereocenters. The second kappa shape index (κ2) is 6.22. The van der Waals surface area contributed by atoms with Crippen molar-refractivity contribution in [3.63, 3.8) is 0 Å². The predicted molar refractivity (Wildman–Crippen MR) is 77.4 cm³/mol. The lowest BCUT2D eigenvalue weighted by molar-refractivity contribution is -0.143. The summed E-state index contributed by atoms with van der Waals surface area (Å²) in [6.07, 6.45) is 1.39. The van der Waals surface area contributed by atoms with Crippen LogP contribution >= 0.6 is 11.6 Å². The maximum Gasteiger partial charge on any atom is 0.306 e. The molecule has 0 unspecified atom stereocenters. The van der Waals surface area contributed by atoms with Gasteiger partial charge in [0.1, 0.15) is 5.75 Å². The molecule has 3 rings (SSSR count). The molecule has 1 aromatic rings. The second-order valence-corrected chi connectivity index (χ2v) is 5.99. The number of likely N-dealkylation sites (tertiary alicyclic amines) is 1. The Kier molecular flexibility index (Phi) is 4.33. The summed E-state index contributed by atoms with van der Waals surface area (Å²) in [5.41, 5.74) is 2.03. The average Bonchev–Trinajstić information content (AvgIpc) is 2.47. The SMILES string of the molecule is O=C(O)C1CCN(Cc2cc(Cl)cc3c2OCOC3)CC1. The van der Waals surface area contributed by atoms with Crippen LogP contribution in [0.15, 0.2) is 12.1 Å². The van der Waals surface area contributed by atoms with E-state index in [4.69, 9.17) is 26.2 Å². The van der Waals surface area contributed by atoms with Crippen LogP contribution in [0.25, 0.3) is 0 Å². The molecule has 0 aromatic heterocycles. The maximum atomic E-state index is 11.0. The number of hydrogen-bond acceptors (Lipinski definition) is 4. The van der Waals surface area contributed by atoms with Crippen molar-refractivity contribution in [2.45, 2.75) is 26.0 Å². The van der Waals surface area contributed by atoms with Gasteiger partial charge in [0, 0.05) is 22.7 Å². The largest absolute Gasteiger partial charge is 0.481 e. The number of benzene rings is 1. The van der Waals surface area contributed by atoms with Crippen LogP contribution < -0.4 is 4.74 Å². The minimum Gasteiger partial charge on any atom is -0.481 e. The third kappa shape index (κ3) is 3.31. The normalized spacial score (nSPS) is 19.9. The zero-order valence-electron chi connectivity index (χ0n) is 11.7. The van der Waals surface area contributed by atoms with E-state index in [1.807, 2.05) is 12.1 Å². The van der Waals surface area contributed by atoms with Crippen molar-refractivity contribution in [2.75, 3.05) is 19.9 Å². The van der Waals surface area contributed by atoms with Gasteiger partial charge in [-0.05, 0) is 38.1 Å². The fraction of sp³-hybridized carbons (Fsp3) is 0.533. The highest BCUT2D eigenvalue weighted by molar-refractivity contribution is 6.30. The molecule has 5 nitrogen and oxygen atoms in total. The highest BCUT2D eigenvalue weighted by Crippen LogP contribution is 2.33. The molecule has 114 valence electrons. The number of ether oxygens (including phenoxy) is 2. The molecule has 0 radical (unpaired) electrons. The highest BCUT2D eigenvalue weighted by atomic mass is 35.5. The van der Waals surface area contributed by atoms with Gasteiger partial charge < -0.3 is 14.6 Å². The van der Waals surface area contributed by atoms with Gasteiger partial charge in [0.15, 0.2) is 6.79 Å². The standard InChI is InChI=1S/C15H18ClNO4/c16-13-5-11(14-12(6-13)8-20-9-21-14)7-17-3-1-10(2-4-17)15(18)19/h5-6,10H,1-4,7-9H2,(H,18,19). The van der Waals surface area contributed by atoms with Gasteiger partial charge in [-0.3, -0.25) is 9.69 Å². The monoisotopic (exact) mass is 311 g/mol. The number of aliphatic carboxylic acids is 1. The number of carboxylic acid groups (broad SMARTS) is 1. The molecule has 2 aliphatic heterocycles. The van der Waals surface area contributed by atoms with Gasteiger partial charge in [0.05, 0.1) is 12.5 Å². The van der Waals surface area contributed by atoms with E-state index in [9.17, 15) is 4.79 Å². The number of carboxylic acids is 1. The molecule has 0 spiro atoms. The summed E-state index contributed by atoms with van der Waals surface area (Å²) in [5.74, 6) is -0.0274. The second-order valence-electron chi connectivity index (χ2n) is 5.55. The lowest BCUT2D eigenvalue weighted by atomic mass is 9.96. The molecule has 0 amide bonds. The number of nitrogens with zero attached hydrogens (tertiary/aromatic N) is 1. The molecular weight excluding hydrogens is 294 g/mol. The molecule has 0 bridgehead atoms. The number of carbonyl (C=O) groups is 1. The van der Waals surface area contributed by atoms with Crippen LogP contribution in [0.4, 0.5) is 0 Å². The molecule has 1 aromatic carbocycles. The highest BCUT2D eigenvalue weighted by Gasteiger charge is 2.25. The third-order valence-corrected chi connectivity index (χ3v) is 4.30. The first-order valence-electron chi connectivity index (χ1n) is 7.10. The molecule has 1 saturated heterocycles. The minimum atomic E-state index is -0.685. The fourth-order valence-electron chi connectivity index (χ4n) is 2.95. The van der Waals surface area contributed by atoms with Crippen molar-refractivity contribution in [1.82, 2.24) is 4.90 Å². The Morgan fingerprint density at radius 1 is 1.38 bits per heavy atom. The van der Waals surface area contributed by atoms with E-state index >= 15 is 0 Å². The van der Waals surface area contributed by atoms with Crippen molar-refractivity contribution in [3.05, 3.63) is 28.3 Å². The van der Waals surface area contributed by atoms with Crippen LogP contribution in [0, 0.1) is 5.92 Å². The number of fused-ring (bicyclic) bond motifs is 1. The van der Waals surface area contributed by atoms with Crippen LogP contribution in [-0.4, -0.2) is 35.9 Å². The molecule has 0 saturated carbocycles. The van der Waals surface area contributed by atoms with Crippen molar-refractivity contribution in [3.8, 4) is 5.75 Å². The molecule has 1 N–H and O–H groups in total. The summed E-state index contributed by atoms with van der Waals surface area (Å²) in [6, 6.07) is 3.80. The number of halogens is 1. The van der Waals surface area contributed by atoms with Gasteiger partial charge in [-0.1, -0.05) is 11.6 Å². The van der Waals surface area contributed by atoms with Crippen molar-refractivity contribution < 1.29 is 19.4 Å². The Hall–Kier alpha value is -1.30. The quantitative estimate of drug-likeness (QED) is 0.929. The fourth-order valence-corrected chi connectivity index (χ4v) is 3.22. The Balaban J connectivity index is 1.71. The first-order valence-corrected chi connectivity index (χ1v) is 7.48. The van der Waals surface area contributed by atoms with E-state index in [1.165, 1.54) is 0 Å². The lowest BCUT2D eigenvalue weighted by Gasteiger charge is -2.31. The molecular formula is C15H18ClNO4. The summed E-state index contributed by atoms with van der Waals surface area (Å²) < 4.78 is 10.9. The van der Waals surface area contributed by atoms with Gasteiger partial charge >= 0.3 is 5.97 Å². The van der Waals surface area contributed by atoms with Crippen molar-refractivity contribution in [2.24, 2.45) is 5.92 Å². The van der Waals surface area contributed by atoms with Crippen molar-refractivity contribution in [1.29, 1.82) is 0 Å². The van der Waals surface area contributed by atoms with E-state index in [-0.39, 0.29) is 12.7 Å². The van der Waals surface area contributed by atoms with Gasteiger partial charge in [0.2, 0.25) is 0 Å². The summed E-state index contributed by atoms with van der Waals surface area (Å²) in [7, 11) is 0. The molecule has 6 heteroatoms. The average molecular weight is 312 g/mol. The van der Waals surface area contributed by atoms with Gasteiger partial charge in [-0.2, -0.15) is 0 Å². The van der Waals surface area contributed by atoms with Gasteiger partial charge in [-0.15, -0.1) is 0 Å². The molecule has 2 heterocycles. The Bertz CT molecular complexity index is 541. The van der Waals surface area contributed by atoms with Gasteiger partial charge in [0.25, 0.3) is 0 Å². The first kappa shape index (κ1) is 14.6. The maximum absolute atomic E-state index is 11.0. The van der Waals surface area contributed by atoms with E-state index in [0.29, 0.717) is 24.5 Å². The molecule has 0 aliphatic carbocycles. The van der Waals surface area contributed by atoms with E-state index in [0.717, 1.165) is 36.5 Å². The number of hydrogen-bond donors (Lipinski definition) is 1. The lowest BCUT2D eigenvalue weighted by Crippen LogP contribution is -2.36. The summed E-state index contributed by atoms with van der Waals surface area (Å²) in [4.78, 5) is 13.2. The van der Waals surface area contributed by atoms with Crippen LogP contribution in [-0.2, 0) is 22.7 Å². The molecule has 2 aliphatic rings. The Labute approximate surface area is 128 Å². The summed E-state index contributed by atoms with van der Waals surface area (Å²) >= 11 is 6.16. The summed E-state index contributed by atoms with van der Waals surface area (Å²) in [5, 5.41) is 9.72. The minimum absolute atomic E-state index is 0.209. The zero-order chi connectivity index (χ0) is 14.8.